The van der Waals surface area contributed by atoms with Gasteiger partial charge in [0, 0.05) is 13.1 Å². The highest BCUT2D eigenvalue weighted by atomic mass is 16.5. The molecule has 0 saturated heterocycles. The fraction of sp³-hybridized carbons (Fsp3) is 0.500. The molecule has 0 aliphatic rings. The summed E-state index contributed by atoms with van der Waals surface area (Å²) < 4.78 is 4.65. The predicted molar refractivity (Wildman–Crippen MR) is 46.0 cm³/mol. The standard InChI is InChI=1S/C6H8N2O2.C2H6/c1-4-3-5(10-8-4)6(9)7-2;1-2/h3H,1-2H3,(H,7,9);1-2H3. The maximum absolute atomic E-state index is 10.8. The number of hydrogen-bond donors (Lipinski definition) is 1. The van der Waals surface area contributed by atoms with Gasteiger partial charge in [-0.05, 0) is 6.92 Å². The van der Waals surface area contributed by atoms with E-state index in [2.05, 4.69) is 15.0 Å². The van der Waals surface area contributed by atoms with Crippen LogP contribution in [-0.2, 0) is 0 Å². The molecule has 0 saturated carbocycles. The number of carbonyl (C=O) groups is 1. The molecular formula is C8H14N2O2. The first-order chi connectivity index (χ1) is 5.74. The van der Waals surface area contributed by atoms with E-state index in [0.717, 1.165) is 0 Å². The van der Waals surface area contributed by atoms with Crippen LogP contribution in [0.3, 0.4) is 0 Å². The number of hydrogen-bond acceptors (Lipinski definition) is 3. The zero-order chi connectivity index (χ0) is 9.56. The molecule has 12 heavy (non-hydrogen) atoms. The van der Waals surface area contributed by atoms with E-state index in [4.69, 9.17) is 0 Å². The minimum atomic E-state index is -0.249. The van der Waals surface area contributed by atoms with Crippen molar-refractivity contribution in [2.45, 2.75) is 20.8 Å². The van der Waals surface area contributed by atoms with Crippen LogP contribution in [0.4, 0.5) is 0 Å². The van der Waals surface area contributed by atoms with Crippen LogP contribution in [0.5, 0.6) is 0 Å². The fourth-order valence-electron chi connectivity index (χ4n) is 0.594. The molecule has 4 nitrogen and oxygen atoms in total. The zero-order valence-electron chi connectivity index (χ0n) is 7.84. The van der Waals surface area contributed by atoms with E-state index in [1.54, 1.807) is 20.0 Å². The smallest absolute Gasteiger partial charge is 0.289 e. The number of aryl methyl sites for hydroxylation is 1. The van der Waals surface area contributed by atoms with Gasteiger partial charge in [-0.2, -0.15) is 0 Å². The fourth-order valence-corrected chi connectivity index (χ4v) is 0.594. The molecule has 4 heteroatoms. The molecule has 0 aromatic carbocycles. The highest BCUT2D eigenvalue weighted by Gasteiger charge is 2.07. The van der Waals surface area contributed by atoms with E-state index >= 15 is 0 Å². The van der Waals surface area contributed by atoms with Crippen molar-refractivity contribution in [2.75, 3.05) is 7.05 Å². The normalized spacial score (nSPS) is 8.33. The largest absolute Gasteiger partial charge is 0.352 e. The summed E-state index contributed by atoms with van der Waals surface area (Å²) in [5.74, 6) is 0.000556. The second-order valence-corrected chi connectivity index (χ2v) is 1.91. The molecule has 0 unspecified atom stereocenters. The molecule has 0 aliphatic heterocycles. The Hall–Kier alpha value is -1.32. The average Bonchev–Trinajstić information content (AvgIpc) is 2.54. The SMILES string of the molecule is CC.CNC(=O)c1cc(C)no1. The summed E-state index contributed by atoms with van der Waals surface area (Å²) in [6.07, 6.45) is 0. The Morgan fingerprint density at radius 3 is 2.50 bits per heavy atom. The van der Waals surface area contributed by atoms with Crippen LogP contribution in [0.25, 0.3) is 0 Å². The van der Waals surface area contributed by atoms with Crippen LogP contribution in [0.1, 0.15) is 30.1 Å². The molecule has 0 aliphatic carbocycles. The van der Waals surface area contributed by atoms with Gasteiger partial charge in [0.25, 0.3) is 5.91 Å². The summed E-state index contributed by atoms with van der Waals surface area (Å²) in [6.45, 7) is 5.76. The Bertz CT molecular complexity index is 243. The maximum atomic E-state index is 10.8. The number of rotatable bonds is 1. The number of nitrogens with one attached hydrogen (secondary N) is 1. The third kappa shape index (κ3) is 2.74. The Morgan fingerprint density at radius 1 is 1.58 bits per heavy atom. The highest BCUT2D eigenvalue weighted by Crippen LogP contribution is 2.00. The molecule has 1 heterocycles. The number of nitrogens with zero attached hydrogens (tertiary/aromatic N) is 1. The van der Waals surface area contributed by atoms with Crippen LogP contribution in [0.15, 0.2) is 10.6 Å². The summed E-state index contributed by atoms with van der Waals surface area (Å²) in [5, 5.41) is 5.97. The second kappa shape index (κ2) is 5.35. The van der Waals surface area contributed by atoms with Gasteiger partial charge >= 0.3 is 0 Å². The maximum Gasteiger partial charge on any atom is 0.289 e. The van der Waals surface area contributed by atoms with Crippen molar-refractivity contribution in [1.82, 2.24) is 10.5 Å². The van der Waals surface area contributed by atoms with Gasteiger partial charge in [0.1, 0.15) is 0 Å². The Labute approximate surface area is 71.9 Å². The van der Waals surface area contributed by atoms with E-state index in [-0.39, 0.29) is 11.7 Å². The third-order valence-corrected chi connectivity index (χ3v) is 1.08. The lowest BCUT2D eigenvalue weighted by molar-refractivity contribution is 0.0926. The molecular weight excluding hydrogens is 156 g/mol. The lowest BCUT2D eigenvalue weighted by Crippen LogP contribution is -2.16. The summed E-state index contributed by atoms with van der Waals surface area (Å²) in [4.78, 5) is 10.8. The van der Waals surface area contributed by atoms with E-state index < -0.39 is 0 Å². The van der Waals surface area contributed by atoms with Gasteiger partial charge < -0.3 is 9.84 Å². The quantitative estimate of drug-likeness (QED) is 0.692. The molecule has 0 bridgehead atoms. The van der Waals surface area contributed by atoms with E-state index in [1.807, 2.05) is 13.8 Å². The van der Waals surface area contributed by atoms with Crippen LogP contribution in [0, 0.1) is 6.92 Å². The molecule has 68 valence electrons. The van der Waals surface area contributed by atoms with Gasteiger partial charge in [-0.3, -0.25) is 4.79 Å². The minimum absolute atomic E-state index is 0.249. The van der Waals surface area contributed by atoms with Crippen molar-refractivity contribution >= 4 is 5.91 Å². The van der Waals surface area contributed by atoms with Crippen LogP contribution in [0.2, 0.25) is 0 Å². The van der Waals surface area contributed by atoms with Gasteiger partial charge in [0.2, 0.25) is 5.76 Å². The van der Waals surface area contributed by atoms with Crippen LogP contribution >= 0.6 is 0 Å². The summed E-state index contributed by atoms with van der Waals surface area (Å²) in [6, 6.07) is 1.58. The number of amides is 1. The lowest BCUT2D eigenvalue weighted by atomic mass is 10.4. The molecule has 0 spiro atoms. The first-order valence-corrected chi connectivity index (χ1v) is 3.89. The van der Waals surface area contributed by atoms with Crippen molar-refractivity contribution in [3.63, 3.8) is 0 Å². The van der Waals surface area contributed by atoms with Gasteiger partial charge in [0.05, 0.1) is 5.69 Å². The first kappa shape index (κ1) is 10.7. The Kier molecular flexibility index (Phi) is 4.76. The molecule has 1 aromatic rings. The molecule has 1 aromatic heterocycles. The Balaban J connectivity index is 0.000000561. The molecule has 1 amide bonds. The minimum Gasteiger partial charge on any atom is -0.352 e. The highest BCUT2D eigenvalue weighted by molar-refractivity contribution is 5.91. The summed E-state index contributed by atoms with van der Waals surface area (Å²) in [5.41, 5.74) is 0.707. The van der Waals surface area contributed by atoms with E-state index in [9.17, 15) is 4.79 Å². The van der Waals surface area contributed by atoms with Crippen LogP contribution < -0.4 is 5.32 Å². The molecule has 0 radical (unpaired) electrons. The van der Waals surface area contributed by atoms with E-state index in [1.165, 1.54) is 0 Å². The molecule has 1 rings (SSSR count). The van der Waals surface area contributed by atoms with Crippen molar-refractivity contribution in [2.24, 2.45) is 0 Å². The first-order valence-electron chi connectivity index (χ1n) is 3.89. The number of carbonyl (C=O) groups excluding carboxylic acids is 1. The summed E-state index contributed by atoms with van der Waals surface area (Å²) in [7, 11) is 1.54. The molecule has 0 atom stereocenters. The topological polar surface area (TPSA) is 55.1 Å². The molecule has 1 N–H and O–H groups in total. The predicted octanol–water partition coefficient (Wildman–Crippen LogP) is 1.37. The average molecular weight is 170 g/mol. The van der Waals surface area contributed by atoms with Crippen LogP contribution in [-0.4, -0.2) is 18.1 Å². The monoisotopic (exact) mass is 170 g/mol. The third-order valence-electron chi connectivity index (χ3n) is 1.08. The molecule has 0 fully saturated rings. The van der Waals surface area contributed by atoms with E-state index in [0.29, 0.717) is 5.69 Å². The van der Waals surface area contributed by atoms with Crippen molar-refractivity contribution in [3.8, 4) is 0 Å². The number of aromatic nitrogens is 1. The van der Waals surface area contributed by atoms with Crippen molar-refractivity contribution in [1.29, 1.82) is 0 Å². The second-order valence-electron chi connectivity index (χ2n) is 1.91. The Morgan fingerprint density at radius 2 is 2.17 bits per heavy atom. The van der Waals surface area contributed by atoms with Crippen molar-refractivity contribution in [3.05, 3.63) is 17.5 Å². The van der Waals surface area contributed by atoms with Gasteiger partial charge in [-0.25, -0.2) is 0 Å². The van der Waals surface area contributed by atoms with Gasteiger partial charge in [0.15, 0.2) is 0 Å². The zero-order valence-corrected chi connectivity index (χ0v) is 7.84. The van der Waals surface area contributed by atoms with Gasteiger partial charge in [-0.1, -0.05) is 19.0 Å². The lowest BCUT2D eigenvalue weighted by Gasteiger charge is -1.88. The van der Waals surface area contributed by atoms with Gasteiger partial charge in [-0.15, -0.1) is 0 Å². The van der Waals surface area contributed by atoms with Crippen molar-refractivity contribution < 1.29 is 9.32 Å². The summed E-state index contributed by atoms with van der Waals surface area (Å²) >= 11 is 0.